The molecule has 156 valence electrons. The zero-order valence-electron chi connectivity index (χ0n) is 17.7. The van der Waals surface area contributed by atoms with Gasteiger partial charge in [-0.25, -0.2) is 0 Å². The fraction of sp³-hybridized carbons (Fsp3) is 0.103. The van der Waals surface area contributed by atoms with Crippen LogP contribution in [0.25, 0.3) is 28.0 Å². The Morgan fingerprint density at radius 3 is 2.34 bits per heavy atom. The standard InChI is InChI=1S/C29H20Br2O/c1-17-3-5-20(6-4-17)26-27-23-15-21(30)10-7-18(23)9-12-25(27)32-29(2)14-13-19-8-11-22(31)16-24(19)28(26)29/h3-16H,1-2H3. The molecule has 0 saturated heterocycles. The molecule has 4 aromatic rings. The van der Waals surface area contributed by atoms with Crippen LogP contribution < -0.4 is 4.74 Å². The Hall–Kier alpha value is -2.62. The zero-order valence-corrected chi connectivity index (χ0v) is 20.9. The first-order chi connectivity index (χ1) is 15.4. The van der Waals surface area contributed by atoms with Gasteiger partial charge in [-0.15, -0.1) is 0 Å². The Morgan fingerprint density at radius 1 is 0.812 bits per heavy atom. The van der Waals surface area contributed by atoms with E-state index >= 15 is 0 Å². The largest absolute Gasteiger partial charge is 0.478 e. The molecule has 1 heterocycles. The Morgan fingerprint density at radius 2 is 1.53 bits per heavy atom. The van der Waals surface area contributed by atoms with Crippen molar-refractivity contribution in [3.05, 3.63) is 116 Å². The second-order valence-corrected chi connectivity index (χ2v) is 10.5. The van der Waals surface area contributed by atoms with Gasteiger partial charge in [0.15, 0.2) is 5.60 Å². The second kappa shape index (κ2) is 7.19. The molecule has 1 unspecified atom stereocenters. The maximum atomic E-state index is 6.77. The van der Waals surface area contributed by atoms with Crippen molar-refractivity contribution >= 4 is 59.9 Å². The van der Waals surface area contributed by atoms with Crippen LogP contribution in [0.4, 0.5) is 0 Å². The molecule has 0 amide bonds. The topological polar surface area (TPSA) is 9.23 Å². The molecule has 6 rings (SSSR count). The number of halogens is 2. The maximum Gasteiger partial charge on any atom is 0.151 e. The summed E-state index contributed by atoms with van der Waals surface area (Å²) in [5, 5.41) is 2.39. The lowest BCUT2D eigenvalue weighted by Crippen LogP contribution is -2.37. The summed E-state index contributed by atoms with van der Waals surface area (Å²) in [6.07, 6.45) is 4.38. The van der Waals surface area contributed by atoms with Crippen LogP contribution in [0.3, 0.4) is 0 Å². The average Bonchev–Trinajstić information content (AvgIpc) is 2.77. The Balaban J connectivity index is 1.81. The zero-order chi connectivity index (χ0) is 22.0. The van der Waals surface area contributed by atoms with Crippen molar-refractivity contribution in [2.24, 2.45) is 0 Å². The van der Waals surface area contributed by atoms with Gasteiger partial charge in [-0.05, 0) is 77.7 Å². The molecule has 1 aliphatic carbocycles. The number of rotatable bonds is 1. The normalized spacial score (nSPS) is 18.8. The first kappa shape index (κ1) is 20.0. The van der Waals surface area contributed by atoms with Crippen molar-refractivity contribution in [1.29, 1.82) is 0 Å². The van der Waals surface area contributed by atoms with E-state index in [1.54, 1.807) is 0 Å². The van der Waals surface area contributed by atoms with Crippen LogP contribution in [0.1, 0.15) is 34.7 Å². The highest BCUT2D eigenvalue weighted by molar-refractivity contribution is 9.10. The van der Waals surface area contributed by atoms with Gasteiger partial charge in [-0.3, -0.25) is 0 Å². The van der Waals surface area contributed by atoms with E-state index in [9.17, 15) is 0 Å². The molecule has 1 atom stereocenters. The van der Waals surface area contributed by atoms with Gasteiger partial charge < -0.3 is 4.74 Å². The van der Waals surface area contributed by atoms with Gasteiger partial charge in [0.2, 0.25) is 0 Å². The number of hydrogen-bond acceptors (Lipinski definition) is 1. The molecule has 0 N–H and O–H groups in total. The fourth-order valence-corrected chi connectivity index (χ4v) is 5.66. The van der Waals surface area contributed by atoms with E-state index in [1.807, 2.05) is 0 Å². The van der Waals surface area contributed by atoms with Gasteiger partial charge in [0, 0.05) is 25.7 Å². The molecular weight excluding hydrogens is 524 g/mol. The minimum Gasteiger partial charge on any atom is -0.478 e. The van der Waals surface area contributed by atoms with Crippen LogP contribution >= 0.6 is 31.9 Å². The van der Waals surface area contributed by atoms with E-state index in [0.717, 1.165) is 20.3 Å². The predicted octanol–water partition coefficient (Wildman–Crippen LogP) is 8.81. The maximum absolute atomic E-state index is 6.77. The highest BCUT2D eigenvalue weighted by Crippen LogP contribution is 2.53. The highest BCUT2D eigenvalue weighted by Gasteiger charge is 2.41. The minimum absolute atomic E-state index is 0.555. The van der Waals surface area contributed by atoms with Crippen LogP contribution in [0.15, 0.2) is 87.8 Å². The molecule has 1 aliphatic heterocycles. The van der Waals surface area contributed by atoms with Crippen molar-refractivity contribution in [3.63, 3.8) is 0 Å². The minimum atomic E-state index is -0.555. The molecule has 0 radical (unpaired) electrons. The lowest BCUT2D eigenvalue weighted by molar-refractivity contribution is 0.199. The quantitative estimate of drug-likeness (QED) is 0.233. The first-order valence-corrected chi connectivity index (χ1v) is 12.2. The number of hydrogen-bond donors (Lipinski definition) is 0. The van der Waals surface area contributed by atoms with Crippen molar-refractivity contribution in [2.45, 2.75) is 19.4 Å². The Kier molecular flexibility index (Phi) is 4.50. The van der Waals surface area contributed by atoms with Crippen LogP contribution in [-0.4, -0.2) is 5.60 Å². The molecule has 0 aromatic heterocycles. The summed E-state index contributed by atoms with van der Waals surface area (Å²) in [4.78, 5) is 0. The molecule has 0 spiro atoms. The SMILES string of the molecule is Cc1ccc(C2=C3c4cc(Br)ccc4C=CC3(C)Oc3ccc4ccc(Br)cc4c32)cc1. The van der Waals surface area contributed by atoms with E-state index in [4.69, 9.17) is 4.74 Å². The van der Waals surface area contributed by atoms with Crippen molar-refractivity contribution in [2.75, 3.05) is 0 Å². The monoisotopic (exact) mass is 542 g/mol. The molecule has 0 fully saturated rings. The van der Waals surface area contributed by atoms with E-state index in [2.05, 4.69) is 131 Å². The third-order valence-electron chi connectivity index (χ3n) is 6.47. The van der Waals surface area contributed by atoms with Crippen molar-refractivity contribution in [1.82, 2.24) is 0 Å². The van der Waals surface area contributed by atoms with Gasteiger partial charge in [0.25, 0.3) is 0 Å². The summed E-state index contributed by atoms with van der Waals surface area (Å²) in [5.41, 5.74) is 7.91. The number of benzene rings is 4. The van der Waals surface area contributed by atoms with Gasteiger partial charge in [0.05, 0.1) is 0 Å². The van der Waals surface area contributed by atoms with E-state index in [1.165, 1.54) is 44.2 Å². The van der Waals surface area contributed by atoms with Gasteiger partial charge in [0.1, 0.15) is 5.75 Å². The summed E-state index contributed by atoms with van der Waals surface area (Å²) in [5.74, 6) is 0.917. The molecule has 0 bridgehead atoms. The van der Waals surface area contributed by atoms with E-state index in [-0.39, 0.29) is 0 Å². The van der Waals surface area contributed by atoms with Crippen LogP contribution in [0.5, 0.6) is 5.75 Å². The summed E-state index contributed by atoms with van der Waals surface area (Å²) in [7, 11) is 0. The van der Waals surface area contributed by atoms with Crippen molar-refractivity contribution < 1.29 is 4.74 Å². The molecule has 2 aliphatic rings. The van der Waals surface area contributed by atoms with Crippen LogP contribution in [-0.2, 0) is 0 Å². The molecule has 3 heteroatoms. The number of fused-ring (bicyclic) bond motifs is 6. The second-order valence-electron chi connectivity index (χ2n) is 8.69. The third kappa shape index (κ3) is 3.02. The smallest absolute Gasteiger partial charge is 0.151 e. The summed E-state index contributed by atoms with van der Waals surface area (Å²) < 4.78 is 8.90. The van der Waals surface area contributed by atoms with Gasteiger partial charge in [-0.1, -0.05) is 86.0 Å². The molecule has 1 nitrogen and oxygen atoms in total. The van der Waals surface area contributed by atoms with Gasteiger partial charge >= 0.3 is 0 Å². The average molecular weight is 544 g/mol. The molecular formula is C29H20Br2O. The molecule has 0 saturated carbocycles. The number of ether oxygens (including phenoxy) is 1. The summed E-state index contributed by atoms with van der Waals surface area (Å²) in [6.45, 7) is 4.30. The highest BCUT2D eigenvalue weighted by atomic mass is 79.9. The Bertz CT molecular complexity index is 1480. The van der Waals surface area contributed by atoms with E-state index in [0.29, 0.717) is 0 Å². The van der Waals surface area contributed by atoms with Gasteiger partial charge in [-0.2, -0.15) is 0 Å². The summed E-state index contributed by atoms with van der Waals surface area (Å²) >= 11 is 7.38. The summed E-state index contributed by atoms with van der Waals surface area (Å²) in [6, 6.07) is 26.1. The predicted molar refractivity (Wildman–Crippen MR) is 141 cm³/mol. The van der Waals surface area contributed by atoms with Crippen LogP contribution in [0.2, 0.25) is 0 Å². The van der Waals surface area contributed by atoms with E-state index < -0.39 is 5.60 Å². The van der Waals surface area contributed by atoms with Crippen LogP contribution in [0, 0.1) is 6.92 Å². The fourth-order valence-electron chi connectivity index (χ4n) is 4.93. The first-order valence-electron chi connectivity index (χ1n) is 10.7. The molecule has 4 aromatic carbocycles. The third-order valence-corrected chi connectivity index (χ3v) is 7.46. The lowest BCUT2D eigenvalue weighted by Gasteiger charge is -2.41. The molecule has 32 heavy (non-hydrogen) atoms. The lowest BCUT2D eigenvalue weighted by atomic mass is 9.73. The Labute approximate surface area is 204 Å². The number of aryl methyl sites for hydroxylation is 1. The van der Waals surface area contributed by atoms with Crippen molar-refractivity contribution in [3.8, 4) is 5.75 Å².